The van der Waals surface area contributed by atoms with E-state index in [9.17, 15) is 0 Å². The van der Waals surface area contributed by atoms with Crippen molar-refractivity contribution in [3.8, 4) is 0 Å². The van der Waals surface area contributed by atoms with Gasteiger partial charge in [0.2, 0.25) is 0 Å². The van der Waals surface area contributed by atoms with Crippen LogP contribution in [-0.4, -0.2) is 49.1 Å². The lowest BCUT2D eigenvalue weighted by atomic mass is 10.0. The zero-order valence-electron chi connectivity index (χ0n) is 11.7. The van der Waals surface area contributed by atoms with Gasteiger partial charge >= 0.3 is 0 Å². The number of nitrogens with zero attached hydrogens (tertiary/aromatic N) is 2. The number of rotatable bonds is 5. The first-order valence-corrected chi connectivity index (χ1v) is 7.96. The minimum Gasteiger partial charge on any atom is -0.329 e. The smallest absolute Gasteiger partial charge is 0.0482 e. The maximum Gasteiger partial charge on any atom is 0.0482 e. The van der Waals surface area contributed by atoms with E-state index in [0.29, 0.717) is 12.6 Å². The Morgan fingerprint density at radius 2 is 1.89 bits per heavy atom. The van der Waals surface area contributed by atoms with Gasteiger partial charge in [0.1, 0.15) is 0 Å². The van der Waals surface area contributed by atoms with Crippen LogP contribution in [0.1, 0.15) is 24.9 Å². The Bertz CT molecular complexity index is 389. The third-order valence-electron chi connectivity index (χ3n) is 3.87. The van der Waals surface area contributed by atoms with Crippen molar-refractivity contribution in [2.24, 2.45) is 5.73 Å². The molecule has 0 spiro atoms. The van der Waals surface area contributed by atoms with Crippen LogP contribution in [0.25, 0.3) is 0 Å². The largest absolute Gasteiger partial charge is 0.329 e. The summed E-state index contributed by atoms with van der Waals surface area (Å²) in [7, 11) is 0. The van der Waals surface area contributed by atoms with E-state index in [1.54, 1.807) is 0 Å². The first-order valence-electron chi connectivity index (χ1n) is 7.17. The molecule has 1 aromatic carbocycles. The Labute approximate surface area is 124 Å². The van der Waals surface area contributed by atoms with E-state index in [4.69, 9.17) is 5.73 Å². The van der Waals surface area contributed by atoms with E-state index < -0.39 is 0 Å². The van der Waals surface area contributed by atoms with Crippen LogP contribution in [0.2, 0.25) is 0 Å². The molecule has 2 rings (SSSR count). The first kappa shape index (κ1) is 15.0. The van der Waals surface area contributed by atoms with Gasteiger partial charge in [0, 0.05) is 43.2 Å². The summed E-state index contributed by atoms with van der Waals surface area (Å²) in [4.78, 5) is 5.07. The number of halogens is 1. The van der Waals surface area contributed by atoms with Gasteiger partial charge in [0.05, 0.1) is 0 Å². The summed E-state index contributed by atoms with van der Waals surface area (Å²) in [5, 5.41) is 0. The van der Waals surface area contributed by atoms with E-state index >= 15 is 0 Å². The molecule has 4 heteroatoms. The fourth-order valence-corrected chi connectivity index (χ4v) is 3.38. The van der Waals surface area contributed by atoms with Crippen molar-refractivity contribution in [1.82, 2.24) is 9.80 Å². The van der Waals surface area contributed by atoms with Crippen molar-refractivity contribution in [2.75, 3.05) is 39.3 Å². The summed E-state index contributed by atoms with van der Waals surface area (Å²) in [6, 6.07) is 8.77. The zero-order chi connectivity index (χ0) is 13.7. The van der Waals surface area contributed by atoms with Gasteiger partial charge in [-0.1, -0.05) is 41.1 Å². The molecule has 1 aliphatic rings. The van der Waals surface area contributed by atoms with Gasteiger partial charge in [-0.15, -0.1) is 0 Å². The van der Waals surface area contributed by atoms with Crippen molar-refractivity contribution in [3.05, 3.63) is 34.3 Å². The molecule has 0 saturated carbocycles. The number of piperazine rings is 1. The van der Waals surface area contributed by atoms with Crippen LogP contribution in [0.5, 0.6) is 0 Å². The molecule has 0 aliphatic carbocycles. The highest BCUT2D eigenvalue weighted by Crippen LogP contribution is 2.27. The van der Waals surface area contributed by atoms with Crippen LogP contribution < -0.4 is 5.73 Å². The molecule has 2 N–H and O–H groups in total. The third-order valence-corrected chi connectivity index (χ3v) is 4.60. The van der Waals surface area contributed by atoms with Crippen LogP contribution in [0.4, 0.5) is 0 Å². The molecule has 1 fully saturated rings. The van der Waals surface area contributed by atoms with Gasteiger partial charge in [-0.05, 0) is 24.6 Å². The molecule has 1 aromatic rings. The summed E-state index contributed by atoms with van der Waals surface area (Å²) in [5.74, 6) is 0. The highest BCUT2D eigenvalue weighted by molar-refractivity contribution is 9.10. The van der Waals surface area contributed by atoms with E-state index in [1.165, 1.54) is 23.0 Å². The normalized spacial score (nSPS) is 19.5. The predicted octanol–water partition coefficient (Wildman–Crippen LogP) is 2.48. The molecule has 0 radical (unpaired) electrons. The second-order valence-corrected chi connectivity index (χ2v) is 6.00. The van der Waals surface area contributed by atoms with Gasteiger partial charge < -0.3 is 10.6 Å². The monoisotopic (exact) mass is 325 g/mol. The topological polar surface area (TPSA) is 32.5 Å². The standard InChI is InChI=1S/C15H24BrN3/c1-2-7-18-8-10-19(11-9-18)15(12-17)13-5-3-4-6-14(13)16/h3-6,15H,2,7-12,17H2,1H3. The molecule has 1 unspecified atom stereocenters. The fraction of sp³-hybridized carbons (Fsp3) is 0.600. The van der Waals surface area contributed by atoms with Crippen molar-refractivity contribution >= 4 is 15.9 Å². The fourth-order valence-electron chi connectivity index (χ4n) is 2.83. The zero-order valence-corrected chi connectivity index (χ0v) is 13.3. The number of hydrogen-bond donors (Lipinski definition) is 1. The number of nitrogens with two attached hydrogens (primary N) is 1. The second kappa shape index (κ2) is 7.39. The molecule has 1 atom stereocenters. The molecule has 1 aliphatic heterocycles. The molecule has 19 heavy (non-hydrogen) atoms. The van der Waals surface area contributed by atoms with Crippen molar-refractivity contribution in [3.63, 3.8) is 0 Å². The van der Waals surface area contributed by atoms with Crippen LogP contribution in [0, 0.1) is 0 Å². The molecule has 106 valence electrons. The van der Waals surface area contributed by atoms with E-state index in [2.05, 4.69) is 56.9 Å². The van der Waals surface area contributed by atoms with Gasteiger partial charge in [-0.3, -0.25) is 4.90 Å². The lowest BCUT2D eigenvalue weighted by Gasteiger charge is -2.39. The van der Waals surface area contributed by atoms with E-state index in [0.717, 1.165) is 26.2 Å². The second-order valence-electron chi connectivity index (χ2n) is 5.15. The van der Waals surface area contributed by atoms with Crippen LogP contribution >= 0.6 is 15.9 Å². The van der Waals surface area contributed by atoms with Gasteiger partial charge in [0.25, 0.3) is 0 Å². The summed E-state index contributed by atoms with van der Waals surface area (Å²) < 4.78 is 1.17. The third kappa shape index (κ3) is 3.78. The summed E-state index contributed by atoms with van der Waals surface area (Å²) in [6.07, 6.45) is 1.24. The van der Waals surface area contributed by atoms with Crippen LogP contribution in [-0.2, 0) is 0 Å². The quantitative estimate of drug-likeness (QED) is 0.902. The maximum absolute atomic E-state index is 6.02. The SMILES string of the molecule is CCCN1CCN(C(CN)c2ccccc2Br)CC1. The Hall–Kier alpha value is -0.420. The highest BCUT2D eigenvalue weighted by atomic mass is 79.9. The van der Waals surface area contributed by atoms with Crippen molar-refractivity contribution in [1.29, 1.82) is 0 Å². The van der Waals surface area contributed by atoms with Crippen molar-refractivity contribution in [2.45, 2.75) is 19.4 Å². The summed E-state index contributed by atoms with van der Waals surface area (Å²) in [6.45, 7) is 8.69. The lowest BCUT2D eigenvalue weighted by molar-refractivity contribution is 0.0983. The number of benzene rings is 1. The molecule has 1 saturated heterocycles. The first-order chi connectivity index (χ1) is 9.26. The molecule has 0 amide bonds. The van der Waals surface area contributed by atoms with E-state index in [-0.39, 0.29) is 0 Å². The van der Waals surface area contributed by atoms with Gasteiger partial charge in [-0.2, -0.15) is 0 Å². The summed E-state index contributed by atoms with van der Waals surface area (Å²) >= 11 is 3.65. The van der Waals surface area contributed by atoms with Crippen LogP contribution in [0.3, 0.4) is 0 Å². The molecular formula is C15H24BrN3. The molecule has 1 heterocycles. The Balaban J connectivity index is 2.02. The summed E-state index contributed by atoms with van der Waals surface area (Å²) in [5.41, 5.74) is 7.34. The highest BCUT2D eigenvalue weighted by Gasteiger charge is 2.24. The Kier molecular flexibility index (Phi) is 5.82. The number of hydrogen-bond acceptors (Lipinski definition) is 3. The Morgan fingerprint density at radius 3 is 2.47 bits per heavy atom. The predicted molar refractivity (Wildman–Crippen MR) is 84.2 cm³/mol. The lowest BCUT2D eigenvalue weighted by Crippen LogP contribution is -2.49. The molecule has 0 bridgehead atoms. The van der Waals surface area contributed by atoms with Crippen molar-refractivity contribution < 1.29 is 0 Å². The van der Waals surface area contributed by atoms with Gasteiger partial charge in [-0.25, -0.2) is 0 Å². The minimum atomic E-state index is 0.333. The molecule has 0 aromatic heterocycles. The average molecular weight is 326 g/mol. The Morgan fingerprint density at radius 1 is 1.21 bits per heavy atom. The maximum atomic E-state index is 6.02. The van der Waals surface area contributed by atoms with Crippen LogP contribution in [0.15, 0.2) is 28.7 Å². The average Bonchev–Trinajstić information content (AvgIpc) is 2.44. The van der Waals surface area contributed by atoms with Gasteiger partial charge in [0.15, 0.2) is 0 Å². The van der Waals surface area contributed by atoms with E-state index in [1.807, 2.05) is 0 Å². The molecular weight excluding hydrogens is 302 g/mol. The molecule has 3 nitrogen and oxygen atoms in total. The minimum absolute atomic E-state index is 0.333.